The highest BCUT2D eigenvalue weighted by Crippen LogP contribution is 2.48. The number of hydrogen-bond donors (Lipinski definition) is 1. The van der Waals surface area contributed by atoms with Gasteiger partial charge in [-0.3, -0.25) is 4.57 Å². The first-order valence-corrected chi connectivity index (χ1v) is 8.37. The molecule has 0 unspecified atom stereocenters. The van der Waals surface area contributed by atoms with Crippen LogP contribution in [0.2, 0.25) is 0 Å². The zero-order valence-electron chi connectivity index (χ0n) is 12.2. The molecule has 1 aliphatic carbocycles. The molecular weight excluding hydrogens is 281 g/mol. The minimum absolute atomic E-state index is 0.0865. The molecule has 20 heavy (non-hydrogen) atoms. The third-order valence-corrected chi connectivity index (χ3v) is 4.53. The summed E-state index contributed by atoms with van der Waals surface area (Å²) < 4.78 is 28.0. The molecule has 0 bridgehead atoms. The maximum absolute atomic E-state index is 12.2. The number of hydrogen-bond acceptors (Lipinski definition) is 6. The molecule has 1 rings (SSSR count). The van der Waals surface area contributed by atoms with Crippen molar-refractivity contribution in [3.05, 3.63) is 23.5 Å². The van der Waals surface area contributed by atoms with Gasteiger partial charge in [-0.1, -0.05) is 11.2 Å². The lowest BCUT2D eigenvalue weighted by atomic mass is 10.0. The van der Waals surface area contributed by atoms with Crippen LogP contribution in [0.15, 0.2) is 28.6 Å². The summed E-state index contributed by atoms with van der Waals surface area (Å²) >= 11 is 0. The molecule has 0 aromatic rings. The lowest BCUT2D eigenvalue weighted by molar-refractivity contribution is 0.168. The largest absolute Gasteiger partial charge is 0.485 e. The molecule has 1 aliphatic rings. The molecule has 0 spiro atoms. The molecule has 6 nitrogen and oxygen atoms in total. The van der Waals surface area contributed by atoms with Crippen molar-refractivity contribution >= 4 is 13.3 Å². The number of ether oxygens (including phenoxy) is 1. The van der Waals surface area contributed by atoms with Gasteiger partial charge in [0.05, 0.1) is 24.7 Å². The number of allylic oxidation sites excluding steroid dienone is 4. The van der Waals surface area contributed by atoms with E-state index in [0.29, 0.717) is 25.3 Å². The normalized spacial score (nSPS) is 16.6. The van der Waals surface area contributed by atoms with E-state index >= 15 is 0 Å². The van der Waals surface area contributed by atoms with Crippen molar-refractivity contribution in [1.29, 1.82) is 0 Å². The fourth-order valence-corrected chi connectivity index (χ4v) is 3.11. The van der Waals surface area contributed by atoms with E-state index in [-0.39, 0.29) is 6.35 Å². The SMILES string of the molecule is CCOP(=O)(COC1=CC=C(/C(C)=N\O)CC1)OCC. The predicted molar refractivity (Wildman–Crippen MR) is 77.1 cm³/mol. The van der Waals surface area contributed by atoms with Crippen molar-refractivity contribution in [2.75, 3.05) is 19.6 Å². The zero-order chi connectivity index (χ0) is 15.0. The second-order valence-electron chi connectivity index (χ2n) is 4.23. The van der Waals surface area contributed by atoms with Crippen LogP contribution < -0.4 is 0 Å². The molecule has 0 amide bonds. The average Bonchev–Trinajstić information content (AvgIpc) is 2.45. The summed E-state index contributed by atoms with van der Waals surface area (Å²) in [7, 11) is -3.17. The van der Waals surface area contributed by atoms with Gasteiger partial charge in [-0.15, -0.1) is 0 Å². The third kappa shape index (κ3) is 5.12. The van der Waals surface area contributed by atoms with Gasteiger partial charge < -0.3 is 19.0 Å². The Kier molecular flexibility index (Phi) is 6.99. The molecule has 7 heteroatoms. The zero-order valence-corrected chi connectivity index (χ0v) is 13.1. The maximum Gasteiger partial charge on any atom is 0.367 e. The number of nitrogens with zero attached hydrogens (tertiary/aromatic N) is 1. The lowest BCUT2D eigenvalue weighted by Gasteiger charge is -2.20. The minimum Gasteiger partial charge on any atom is -0.485 e. The Balaban J connectivity index is 2.60. The molecule has 1 N–H and O–H groups in total. The maximum atomic E-state index is 12.2. The number of rotatable bonds is 8. The molecule has 0 atom stereocenters. The first-order chi connectivity index (χ1) is 9.54. The van der Waals surface area contributed by atoms with Crippen molar-refractivity contribution in [3.8, 4) is 0 Å². The molecule has 0 aliphatic heterocycles. The van der Waals surface area contributed by atoms with Crippen molar-refractivity contribution in [2.24, 2.45) is 5.16 Å². The van der Waals surface area contributed by atoms with Crippen molar-refractivity contribution in [2.45, 2.75) is 33.6 Å². The Bertz CT molecular complexity index is 446. The van der Waals surface area contributed by atoms with Gasteiger partial charge in [0.25, 0.3) is 0 Å². The topological polar surface area (TPSA) is 77.4 Å². The summed E-state index contributed by atoms with van der Waals surface area (Å²) in [6, 6.07) is 0. The van der Waals surface area contributed by atoms with Crippen molar-refractivity contribution in [1.82, 2.24) is 0 Å². The van der Waals surface area contributed by atoms with Gasteiger partial charge in [0.1, 0.15) is 0 Å². The first-order valence-electron chi connectivity index (χ1n) is 6.64. The number of oxime groups is 1. The molecule has 0 fully saturated rings. The first kappa shape index (κ1) is 17.0. The van der Waals surface area contributed by atoms with E-state index in [1.165, 1.54) is 0 Å². The van der Waals surface area contributed by atoms with Crippen LogP contribution in [0.3, 0.4) is 0 Å². The lowest BCUT2D eigenvalue weighted by Crippen LogP contribution is -2.07. The van der Waals surface area contributed by atoms with Crippen molar-refractivity contribution < 1.29 is 23.6 Å². The highest BCUT2D eigenvalue weighted by molar-refractivity contribution is 7.53. The second-order valence-corrected chi connectivity index (χ2v) is 6.23. The summed E-state index contributed by atoms with van der Waals surface area (Å²) in [5.74, 6) is 0.721. The smallest absolute Gasteiger partial charge is 0.367 e. The Hall–Kier alpha value is -1.10. The molecule has 0 saturated carbocycles. The van der Waals surface area contributed by atoms with Crippen LogP contribution in [0.1, 0.15) is 33.6 Å². The van der Waals surface area contributed by atoms with Gasteiger partial charge in [0.15, 0.2) is 6.35 Å². The molecule has 0 aromatic heterocycles. The molecule has 114 valence electrons. The Morgan fingerprint density at radius 1 is 1.30 bits per heavy atom. The van der Waals surface area contributed by atoms with E-state index in [0.717, 1.165) is 17.8 Å². The van der Waals surface area contributed by atoms with Crippen LogP contribution in [0.4, 0.5) is 0 Å². The summed E-state index contributed by atoms with van der Waals surface area (Å²) in [6.07, 6.45) is 4.92. The van der Waals surface area contributed by atoms with E-state index in [1.54, 1.807) is 26.8 Å². The van der Waals surface area contributed by atoms with Crippen LogP contribution in [0.5, 0.6) is 0 Å². The van der Waals surface area contributed by atoms with Crippen LogP contribution >= 0.6 is 7.60 Å². The Morgan fingerprint density at radius 3 is 2.40 bits per heavy atom. The Morgan fingerprint density at radius 2 is 1.95 bits per heavy atom. The van der Waals surface area contributed by atoms with Gasteiger partial charge in [-0.2, -0.15) is 0 Å². The van der Waals surface area contributed by atoms with Gasteiger partial charge in [-0.05, 0) is 38.8 Å². The van der Waals surface area contributed by atoms with Crippen LogP contribution in [0.25, 0.3) is 0 Å². The third-order valence-electron chi connectivity index (χ3n) is 2.79. The van der Waals surface area contributed by atoms with Gasteiger partial charge >= 0.3 is 7.60 Å². The van der Waals surface area contributed by atoms with Crippen LogP contribution in [-0.4, -0.2) is 30.5 Å². The highest BCUT2D eigenvalue weighted by Gasteiger charge is 2.25. The van der Waals surface area contributed by atoms with E-state index < -0.39 is 7.60 Å². The Labute approximate surface area is 119 Å². The standard InChI is InChI=1S/C13H22NO5P/c1-4-18-20(16,19-5-2)10-17-13-8-6-12(7-9-13)11(3)14-15/h6,8,15H,4-5,7,9-10H2,1-3H3/b14-11-. The fourth-order valence-electron chi connectivity index (χ4n) is 1.77. The van der Waals surface area contributed by atoms with Crippen LogP contribution in [-0.2, 0) is 18.3 Å². The molecule has 0 saturated heterocycles. The van der Waals surface area contributed by atoms with Crippen LogP contribution in [0, 0.1) is 0 Å². The predicted octanol–water partition coefficient (Wildman–Crippen LogP) is 3.68. The van der Waals surface area contributed by atoms with E-state index in [9.17, 15) is 4.57 Å². The minimum atomic E-state index is -3.17. The molecule has 0 aromatic carbocycles. The molecule has 0 heterocycles. The summed E-state index contributed by atoms with van der Waals surface area (Å²) in [5.41, 5.74) is 1.55. The summed E-state index contributed by atoms with van der Waals surface area (Å²) in [6.45, 7) is 5.89. The monoisotopic (exact) mass is 303 g/mol. The van der Waals surface area contributed by atoms with Gasteiger partial charge in [0.2, 0.25) is 0 Å². The van der Waals surface area contributed by atoms with Gasteiger partial charge in [0, 0.05) is 6.42 Å². The molecular formula is C13H22NO5P. The highest BCUT2D eigenvalue weighted by atomic mass is 31.2. The quantitative estimate of drug-likeness (QED) is 0.320. The van der Waals surface area contributed by atoms with E-state index in [2.05, 4.69) is 5.16 Å². The summed E-state index contributed by atoms with van der Waals surface area (Å²) in [5, 5.41) is 11.9. The average molecular weight is 303 g/mol. The summed E-state index contributed by atoms with van der Waals surface area (Å²) in [4.78, 5) is 0. The van der Waals surface area contributed by atoms with E-state index in [4.69, 9.17) is 19.0 Å². The van der Waals surface area contributed by atoms with E-state index in [1.807, 2.05) is 6.08 Å². The molecule has 0 radical (unpaired) electrons. The van der Waals surface area contributed by atoms with Gasteiger partial charge in [-0.25, -0.2) is 0 Å². The second kappa shape index (κ2) is 8.25. The fraction of sp³-hybridized carbons (Fsp3) is 0.615. The van der Waals surface area contributed by atoms with Crippen molar-refractivity contribution in [3.63, 3.8) is 0 Å².